The lowest BCUT2D eigenvalue weighted by molar-refractivity contribution is -0.138. The standard InChI is InChI=1S/C33H33ClN4O4/c1-21-16-25(19-26(34)17-21)30(39)23-9-14-37(15-10-23)31(40)24-7-12-36(13-8-24)20-22-6-11-35-29(18-22)38-32(41)27-4-2-3-5-28(27)33(38)42/h2-6,11,16-19,23-24H,7-10,12-15,20H2,1H3. The maximum Gasteiger partial charge on any atom is 0.267 e. The van der Waals surface area contributed by atoms with E-state index in [0.717, 1.165) is 42.0 Å². The number of hydrogen-bond donors (Lipinski definition) is 0. The van der Waals surface area contributed by atoms with Gasteiger partial charge in [0.05, 0.1) is 11.1 Å². The van der Waals surface area contributed by atoms with Crippen LogP contribution >= 0.6 is 11.6 Å². The van der Waals surface area contributed by atoms with E-state index in [-0.39, 0.29) is 35.3 Å². The Morgan fingerprint density at radius 2 is 1.50 bits per heavy atom. The van der Waals surface area contributed by atoms with Crippen molar-refractivity contribution in [3.63, 3.8) is 0 Å². The molecular weight excluding hydrogens is 552 g/mol. The van der Waals surface area contributed by atoms with Gasteiger partial charge in [-0.25, -0.2) is 9.88 Å². The number of halogens is 1. The zero-order valence-electron chi connectivity index (χ0n) is 23.6. The fourth-order valence-corrected chi connectivity index (χ4v) is 6.70. The first-order valence-electron chi connectivity index (χ1n) is 14.5. The normalized spacial score (nSPS) is 18.4. The van der Waals surface area contributed by atoms with Crippen LogP contribution < -0.4 is 4.90 Å². The molecule has 9 heteroatoms. The number of fused-ring (bicyclic) bond motifs is 1. The van der Waals surface area contributed by atoms with Gasteiger partial charge in [-0.1, -0.05) is 23.7 Å². The molecule has 6 rings (SSSR count). The fraction of sp³-hybridized carbons (Fsp3) is 0.364. The average molecular weight is 585 g/mol. The van der Waals surface area contributed by atoms with Gasteiger partial charge in [-0.2, -0.15) is 0 Å². The second kappa shape index (κ2) is 11.8. The van der Waals surface area contributed by atoms with Crippen molar-refractivity contribution in [1.29, 1.82) is 0 Å². The number of pyridine rings is 1. The Morgan fingerprint density at radius 1 is 0.857 bits per heavy atom. The highest BCUT2D eigenvalue weighted by Gasteiger charge is 2.37. The topological polar surface area (TPSA) is 90.9 Å². The van der Waals surface area contributed by atoms with Crippen LogP contribution in [0, 0.1) is 18.8 Å². The second-order valence-corrected chi connectivity index (χ2v) is 12.0. The molecule has 3 aliphatic heterocycles. The van der Waals surface area contributed by atoms with Crippen LogP contribution in [0.3, 0.4) is 0 Å². The number of carbonyl (C=O) groups is 4. The minimum absolute atomic E-state index is 0.0181. The number of rotatable bonds is 6. The quantitative estimate of drug-likeness (QED) is 0.293. The van der Waals surface area contributed by atoms with E-state index in [4.69, 9.17) is 11.6 Å². The lowest BCUT2D eigenvalue weighted by Crippen LogP contribution is -2.46. The van der Waals surface area contributed by atoms with Gasteiger partial charge >= 0.3 is 0 Å². The Morgan fingerprint density at radius 3 is 2.14 bits per heavy atom. The summed E-state index contributed by atoms with van der Waals surface area (Å²) >= 11 is 6.16. The van der Waals surface area contributed by atoms with Crippen LogP contribution in [0.1, 0.15) is 67.9 Å². The Bertz CT molecular complexity index is 1500. The van der Waals surface area contributed by atoms with E-state index in [1.165, 1.54) is 0 Å². The summed E-state index contributed by atoms with van der Waals surface area (Å²) in [5.41, 5.74) is 3.38. The molecule has 0 saturated carbocycles. The van der Waals surface area contributed by atoms with Crippen LogP contribution in [-0.2, 0) is 11.3 Å². The molecule has 3 aliphatic rings. The van der Waals surface area contributed by atoms with Crippen molar-refractivity contribution in [3.8, 4) is 0 Å². The van der Waals surface area contributed by atoms with Gasteiger partial charge in [-0.05, 0) is 99.3 Å². The SMILES string of the molecule is Cc1cc(Cl)cc(C(=O)C2CCN(C(=O)C3CCN(Cc4ccnc(N5C(=O)c6ccccc6C5=O)c4)CC3)CC2)c1. The molecule has 0 bridgehead atoms. The number of aromatic nitrogens is 1. The minimum Gasteiger partial charge on any atom is -0.342 e. The molecule has 42 heavy (non-hydrogen) atoms. The largest absolute Gasteiger partial charge is 0.342 e. The summed E-state index contributed by atoms with van der Waals surface area (Å²) in [6.45, 7) is 5.35. The summed E-state index contributed by atoms with van der Waals surface area (Å²) in [7, 11) is 0. The van der Waals surface area contributed by atoms with Gasteiger partial charge in [-0.15, -0.1) is 0 Å². The Balaban J connectivity index is 1.00. The number of anilines is 1. The molecule has 8 nitrogen and oxygen atoms in total. The molecule has 2 fully saturated rings. The van der Waals surface area contributed by atoms with Gasteiger partial charge in [0, 0.05) is 48.3 Å². The van der Waals surface area contributed by atoms with Gasteiger partial charge in [0.25, 0.3) is 11.8 Å². The van der Waals surface area contributed by atoms with E-state index >= 15 is 0 Å². The summed E-state index contributed by atoms with van der Waals surface area (Å²) in [6.07, 6.45) is 4.52. The highest BCUT2D eigenvalue weighted by atomic mass is 35.5. The number of carbonyl (C=O) groups excluding carboxylic acids is 4. The third kappa shape index (κ3) is 5.61. The first-order chi connectivity index (χ1) is 20.3. The molecule has 0 aliphatic carbocycles. The van der Waals surface area contributed by atoms with Gasteiger partial charge in [0.2, 0.25) is 5.91 Å². The van der Waals surface area contributed by atoms with Crippen LogP contribution in [0.5, 0.6) is 0 Å². The Hall–Kier alpha value is -3.88. The maximum absolute atomic E-state index is 13.3. The predicted octanol–water partition coefficient (Wildman–Crippen LogP) is 5.18. The van der Waals surface area contributed by atoms with Crippen LogP contribution in [0.25, 0.3) is 0 Å². The number of likely N-dealkylation sites (tertiary alicyclic amines) is 2. The van der Waals surface area contributed by atoms with E-state index in [1.54, 1.807) is 42.6 Å². The van der Waals surface area contributed by atoms with Crippen LogP contribution in [0.15, 0.2) is 60.8 Å². The van der Waals surface area contributed by atoms with Crippen molar-refractivity contribution in [1.82, 2.24) is 14.8 Å². The second-order valence-electron chi connectivity index (χ2n) is 11.5. The van der Waals surface area contributed by atoms with E-state index in [9.17, 15) is 19.2 Å². The van der Waals surface area contributed by atoms with E-state index in [0.29, 0.717) is 60.0 Å². The molecule has 0 N–H and O–H groups in total. The molecule has 0 unspecified atom stereocenters. The van der Waals surface area contributed by atoms with Crippen molar-refractivity contribution < 1.29 is 19.2 Å². The molecule has 0 radical (unpaired) electrons. The third-order valence-electron chi connectivity index (χ3n) is 8.68. The number of ketones is 1. The zero-order valence-corrected chi connectivity index (χ0v) is 24.3. The monoisotopic (exact) mass is 584 g/mol. The molecule has 3 amide bonds. The van der Waals surface area contributed by atoms with Crippen molar-refractivity contribution in [2.24, 2.45) is 11.8 Å². The smallest absolute Gasteiger partial charge is 0.267 e. The van der Waals surface area contributed by atoms with Gasteiger partial charge in [-0.3, -0.25) is 24.1 Å². The van der Waals surface area contributed by atoms with Crippen molar-refractivity contribution in [3.05, 3.63) is 93.6 Å². The summed E-state index contributed by atoms with van der Waals surface area (Å²) in [5, 5.41) is 0.574. The van der Waals surface area contributed by atoms with Crippen LogP contribution in [-0.4, -0.2) is 64.5 Å². The van der Waals surface area contributed by atoms with Crippen molar-refractivity contribution in [2.75, 3.05) is 31.1 Å². The predicted molar refractivity (Wildman–Crippen MR) is 160 cm³/mol. The Kier molecular flexibility index (Phi) is 7.92. The van der Waals surface area contributed by atoms with Crippen molar-refractivity contribution >= 4 is 40.9 Å². The number of aryl methyl sites for hydroxylation is 1. The number of Topliss-reactive ketones (excluding diaryl/α,β-unsaturated/α-hetero) is 1. The number of hydrogen-bond acceptors (Lipinski definition) is 6. The zero-order chi connectivity index (χ0) is 29.4. The van der Waals surface area contributed by atoms with Crippen molar-refractivity contribution in [2.45, 2.75) is 39.2 Å². The number of amides is 3. The number of benzene rings is 2. The summed E-state index contributed by atoms with van der Waals surface area (Å²) < 4.78 is 0. The molecule has 1 aromatic heterocycles. The van der Waals surface area contributed by atoms with Gasteiger partial charge in [0.15, 0.2) is 5.78 Å². The summed E-state index contributed by atoms with van der Waals surface area (Å²) in [4.78, 5) is 61.8. The van der Waals surface area contributed by atoms with Crippen LogP contribution in [0.2, 0.25) is 5.02 Å². The Labute approximate surface area is 250 Å². The molecular formula is C33H33ClN4O4. The maximum atomic E-state index is 13.3. The average Bonchev–Trinajstić information content (AvgIpc) is 3.26. The van der Waals surface area contributed by atoms with Gasteiger partial charge < -0.3 is 4.90 Å². The summed E-state index contributed by atoms with van der Waals surface area (Å²) in [6, 6.07) is 16.0. The number of piperidine rings is 2. The highest BCUT2D eigenvalue weighted by molar-refractivity contribution is 6.34. The number of imide groups is 1. The first-order valence-corrected chi connectivity index (χ1v) is 14.9. The minimum atomic E-state index is -0.354. The van der Waals surface area contributed by atoms with E-state index in [1.807, 2.05) is 30.0 Å². The molecule has 0 spiro atoms. The summed E-state index contributed by atoms with van der Waals surface area (Å²) in [5.74, 6) is -0.176. The van der Waals surface area contributed by atoms with Gasteiger partial charge in [0.1, 0.15) is 5.82 Å². The van der Waals surface area contributed by atoms with Crippen LogP contribution in [0.4, 0.5) is 5.82 Å². The molecule has 2 saturated heterocycles. The molecule has 2 aromatic carbocycles. The lowest BCUT2D eigenvalue weighted by Gasteiger charge is -2.37. The third-order valence-corrected chi connectivity index (χ3v) is 8.90. The molecule has 0 atom stereocenters. The fourth-order valence-electron chi connectivity index (χ4n) is 6.41. The highest BCUT2D eigenvalue weighted by Crippen LogP contribution is 2.30. The molecule has 4 heterocycles. The molecule has 3 aromatic rings. The van der Waals surface area contributed by atoms with E-state index in [2.05, 4.69) is 9.88 Å². The lowest BCUT2D eigenvalue weighted by atomic mass is 9.87. The van der Waals surface area contributed by atoms with E-state index < -0.39 is 0 Å². The number of nitrogens with zero attached hydrogens (tertiary/aromatic N) is 4. The molecule has 216 valence electrons. The first kappa shape index (κ1) is 28.2.